The summed E-state index contributed by atoms with van der Waals surface area (Å²) in [6, 6.07) is 21.6. The minimum atomic E-state index is -0.322. The monoisotopic (exact) mass is 448 g/mol. The standard InChI is InChI=1S/C25H24N2O6/c1-30-20-8-5-9-21(15-20)32-16-24(28)26-18-10-11-22-23(14-18)33-17-25(29)27(22)12-13-31-19-6-3-2-4-7-19/h2-11,14-15H,12-13,16-17H2,1H3,(H,26,28). The third kappa shape index (κ3) is 5.74. The van der Waals surface area contributed by atoms with Crippen molar-refractivity contribution in [1.29, 1.82) is 0 Å². The van der Waals surface area contributed by atoms with E-state index in [0.29, 0.717) is 41.8 Å². The molecule has 3 aromatic rings. The molecular weight excluding hydrogens is 424 g/mol. The molecule has 0 unspecified atom stereocenters. The van der Waals surface area contributed by atoms with Gasteiger partial charge in [-0.15, -0.1) is 0 Å². The van der Waals surface area contributed by atoms with Gasteiger partial charge >= 0.3 is 0 Å². The van der Waals surface area contributed by atoms with Crippen LogP contribution in [0.2, 0.25) is 0 Å². The van der Waals surface area contributed by atoms with Gasteiger partial charge < -0.3 is 29.2 Å². The molecule has 0 bridgehead atoms. The molecule has 0 fully saturated rings. The van der Waals surface area contributed by atoms with Crippen molar-refractivity contribution < 1.29 is 28.5 Å². The van der Waals surface area contributed by atoms with E-state index in [1.165, 1.54) is 0 Å². The van der Waals surface area contributed by atoms with Crippen molar-refractivity contribution in [2.75, 3.05) is 43.7 Å². The summed E-state index contributed by atoms with van der Waals surface area (Å²) in [4.78, 5) is 26.3. The number of amides is 2. The predicted molar refractivity (Wildman–Crippen MR) is 123 cm³/mol. The topological polar surface area (TPSA) is 86.3 Å². The number of benzene rings is 3. The molecule has 8 heteroatoms. The van der Waals surface area contributed by atoms with Crippen LogP contribution in [0, 0.1) is 0 Å². The average Bonchev–Trinajstić information content (AvgIpc) is 2.85. The highest BCUT2D eigenvalue weighted by Crippen LogP contribution is 2.34. The Morgan fingerprint density at radius 2 is 1.76 bits per heavy atom. The Balaban J connectivity index is 1.34. The smallest absolute Gasteiger partial charge is 0.265 e. The van der Waals surface area contributed by atoms with Gasteiger partial charge in [-0.1, -0.05) is 24.3 Å². The van der Waals surface area contributed by atoms with Gasteiger partial charge in [0.15, 0.2) is 13.2 Å². The lowest BCUT2D eigenvalue weighted by Gasteiger charge is -2.29. The lowest BCUT2D eigenvalue weighted by molar-refractivity contribution is -0.121. The maximum Gasteiger partial charge on any atom is 0.265 e. The largest absolute Gasteiger partial charge is 0.497 e. The van der Waals surface area contributed by atoms with Gasteiger partial charge in [-0.3, -0.25) is 9.59 Å². The molecule has 33 heavy (non-hydrogen) atoms. The second kappa shape index (κ2) is 10.4. The zero-order valence-electron chi connectivity index (χ0n) is 18.2. The zero-order valence-corrected chi connectivity index (χ0v) is 18.2. The first-order valence-corrected chi connectivity index (χ1v) is 10.4. The van der Waals surface area contributed by atoms with Gasteiger partial charge in [0.25, 0.3) is 11.8 Å². The van der Waals surface area contributed by atoms with Crippen molar-refractivity contribution in [1.82, 2.24) is 0 Å². The fourth-order valence-electron chi connectivity index (χ4n) is 3.34. The van der Waals surface area contributed by atoms with Crippen molar-refractivity contribution in [3.63, 3.8) is 0 Å². The second-order valence-electron chi connectivity index (χ2n) is 7.19. The summed E-state index contributed by atoms with van der Waals surface area (Å²) in [6.45, 7) is 0.487. The van der Waals surface area contributed by atoms with Gasteiger partial charge in [0.2, 0.25) is 0 Å². The van der Waals surface area contributed by atoms with E-state index in [2.05, 4.69) is 5.32 Å². The number of nitrogens with zero attached hydrogens (tertiary/aromatic N) is 1. The Kier molecular flexibility index (Phi) is 6.94. The number of carbonyl (C=O) groups is 2. The molecule has 0 saturated carbocycles. The summed E-state index contributed by atoms with van der Waals surface area (Å²) < 4.78 is 22.0. The highest BCUT2D eigenvalue weighted by Gasteiger charge is 2.25. The summed E-state index contributed by atoms with van der Waals surface area (Å²) in [6.07, 6.45) is 0. The molecule has 1 aliphatic heterocycles. The molecule has 0 radical (unpaired) electrons. The van der Waals surface area contributed by atoms with Crippen molar-refractivity contribution in [2.45, 2.75) is 0 Å². The molecule has 0 atom stereocenters. The SMILES string of the molecule is COc1cccc(OCC(=O)Nc2ccc3c(c2)OCC(=O)N3CCOc2ccccc2)c1. The summed E-state index contributed by atoms with van der Waals surface area (Å²) >= 11 is 0. The van der Waals surface area contributed by atoms with Crippen LogP contribution in [-0.2, 0) is 9.59 Å². The summed E-state index contributed by atoms with van der Waals surface area (Å²) in [5.41, 5.74) is 1.18. The minimum absolute atomic E-state index is 0.0747. The van der Waals surface area contributed by atoms with E-state index in [9.17, 15) is 9.59 Å². The van der Waals surface area contributed by atoms with Gasteiger partial charge in [-0.05, 0) is 36.4 Å². The van der Waals surface area contributed by atoms with Gasteiger partial charge in [-0.25, -0.2) is 0 Å². The fourth-order valence-corrected chi connectivity index (χ4v) is 3.34. The molecule has 0 saturated heterocycles. The molecular formula is C25H24N2O6. The van der Waals surface area contributed by atoms with Crippen molar-refractivity contribution in [2.24, 2.45) is 0 Å². The zero-order chi connectivity index (χ0) is 23.0. The number of para-hydroxylation sites is 1. The van der Waals surface area contributed by atoms with Crippen molar-refractivity contribution in [3.05, 3.63) is 72.8 Å². The molecule has 2 amide bonds. The molecule has 0 aliphatic carbocycles. The summed E-state index contributed by atoms with van der Waals surface area (Å²) in [7, 11) is 1.56. The van der Waals surface area contributed by atoms with Gasteiger partial charge in [-0.2, -0.15) is 0 Å². The predicted octanol–water partition coefficient (Wildman–Crippen LogP) is 3.52. The van der Waals surface area contributed by atoms with Crippen molar-refractivity contribution >= 4 is 23.2 Å². The van der Waals surface area contributed by atoms with Gasteiger partial charge in [0, 0.05) is 17.8 Å². The van der Waals surface area contributed by atoms with E-state index in [0.717, 1.165) is 5.75 Å². The highest BCUT2D eigenvalue weighted by atomic mass is 16.5. The van der Waals surface area contributed by atoms with Crippen LogP contribution in [0.3, 0.4) is 0 Å². The van der Waals surface area contributed by atoms with E-state index >= 15 is 0 Å². The molecule has 1 aliphatic rings. The third-order valence-corrected chi connectivity index (χ3v) is 4.92. The number of hydrogen-bond donors (Lipinski definition) is 1. The molecule has 0 spiro atoms. The Labute approximate surface area is 191 Å². The maximum absolute atomic E-state index is 12.4. The van der Waals surface area contributed by atoms with E-state index in [1.807, 2.05) is 30.3 Å². The number of fused-ring (bicyclic) bond motifs is 1. The second-order valence-corrected chi connectivity index (χ2v) is 7.19. The van der Waals surface area contributed by atoms with E-state index < -0.39 is 0 Å². The lowest BCUT2D eigenvalue weighted by atomic mass is 10.2. The molecule has 3 aromatic carbocycles. The number of carbonyl (C=O) groups excluding carboxylic acids is 2. The van der Waals surface area contributed by atoms with Gasteiger partial charge in [0.1, 0.15) is 29.6 Å². The minimum Gasteiger partial charge on any atom is -0.497 e. The maximum atomic E-state index is 12.4. The van der Waals surface area contributed by atoms with Crippen molar-refractivity contribution in [3.8, 4) is 23.0 Å². The molecule has 170 valence electrons. The Hall–Kier alpha value is -4.20. The average molecular weight is 448 g/mol. The number of anilines is 2. The van der Waals surface area contributed by atoms with Crippen LogP contribution in [-0.4, -0.2) is 45.3 Å². The first-order valence-electron chi connectivity index (χ1n) is 10.4. The first kappa shape index (κ1) is 22.0. The number of methoxy groups -OCH3 is 1. The Bertz CT molecular complexity index is 1120. The molecule has 0 aromatic heterocycles. The van der Waals surface area contributed by atoms with Crippen LogP contribution in [0.25, 0.3) is 0 Å². The third-order valence-electron chi connectivity index (χ3n) is 4.92. The summed E-state index contributed by atoms with van der Waals surface area (Å²) in [5, 5.41) is 2.78. The lowest BCUT2D eigenvalue weighted by Crippen LogP contribution is -2.41. The van der Waals surface area contributed by atoms with Gasteiger partial charge in [0.05, 0.1) is 19.3 Å². The van der Waals surface area contributed by atoms with Crippen LogP contribution >= 0.6 is 0 Å². The molecule has 4 rings (SSSR count). The normalized spacial score (nSPS) is 12.4. The number of hydrogen-bond acceptors (Lipinski definition) is 6. The molecule has 1 N–H and O–H groups in total. The quantitative estimate of drug-likeness (QED) is 0.539. The van der Waals surface area contributed by atoms with Crippen LogP contribution in [0.15, 0.2) is 72.8 Å². The highest BCUT2D eigenvalue weighted by molar-refractivity contribution is 5.99. The Morgan fingerprint density at radius 1 is 0.970 bits per heavy atom. The fraction of sp³-hybridized carbons (Fsp3) is 0.200. The van der Waals surface area contributed by atoms with E-state index in [-0.39, 0.29) is 25.0 Å². The molecule has 1 heterocycles. The molecule has 8 nitrogen and oxygen atoms in total. The summed E-state index contributed by atoms with van der Waals surface area (Å²) in [5.74, 6) is 1.96. The number of ether oxygens (including phenoxy) is 4. The van der Waals surface area contributed by atoms with Crippen LogP contribution in [0.1, 0.15) is 0 Å². The van der Waals surface area contributed by atoms with Crippen LogP contribution in [0.5, 0.6) is 23.0 Å². The van der Waals surface area contributed by atoms with Crippen LogP contribution in [0.4, 0.5) is 11.4 Å². The first-order chi connectivity index (χ1) is 16.1. The number of nitrogens with one attached hydrogen (secondary N) is 1. The Morgan fingerprint density at radius 3 is 2.58 bits per heavy atom. The van der Waals surface area contributed by atoms with E-state index in [4.69, 9.17) is 18.9 Å². The van der Waals surface area contributed by atoms with E-state index in [1.54, 1.807) is 54.5 Å². The number of rotatable bonds is 9. The van der Waals surface area contributed by atoms with Crippen LogP contribution < -0.4 is 29.2 Å².